The number of carboxylic acids is 1. The van der Waals surface area contributed by atoms with E-state index in [1.165, 1.54) is 109 Å². The molecule has 0 saturated heterocycles. The fourth-order valence-electron chi connectivity index (χ4n) is 6.75. The second kappa shape index (κ2) is 42.7. The zero-order valence-electron chi connectivity index (χ0n) is 36.6. The number of hydrogen-bond acceptors (Lipinski definition) is 6. The Morgan fingerprint density at radius 1 is 0.526 bits per heavy atom. The predicted octanol–water partition coefficient (Wildman–Crippen LogP) is 11.8. The van der Waals surface area contributed by atoms with Crippen LogP contribution in [0.2, 0.25) is 0 Å². The van der Waals surface area contributed by atoms with Crippen molar-refractivity contribution in [3.8, 4) is 0 Å². The first-order valence-electron chi connectivity index (χ1n) is 23.4. The van der Waals surface area contributed by atoms with E-state index < -0.39 is 24.5 Å². The van der Waals surface area contributed by atoms with E-state index in [1.54, 1.807) is 0 Å². The number of carbonyl (C=O) groups is 4. The zero-order valence-corrected chi connectivity index (χ0v) is 36.6. The number of unbranched alkanes of at least 4 members (excludes halogenated alkanes) is 22. The fourth-order valence-corrected chi connectivity index (χ4v) is 6.75. The molecule has 2 atom stereocenters. The first-order valence-corrected chi connectivity index (χ1v) is 23.4. The number of aliphatic hydroxyl groups is 1. The maximum atomic E-state index is 12.8. The van der Waals surface area contributed by atoms with Crippen molar-refractivity contribution >= 4 is 23.8 Å². The van der Waals surface area contributed by atoms with Crippen LogP contribution in [0.4, 0.5) is 0 Å². The van der Waals surface area contributed by atoms with Crippen LogP contribution in [0.5, 0.6) is 0 Å². The van der Waals surface area contributed by atoms with Crippen LogP contribution >= 0.6 is 0 Å². The Bertz CT molecular complexity index is 1060. The van der Waals surface area contributed by atoms with Gasteiger partial charge in [0.15, 0.2) is 0 Å². The summed E-state index contributed by atoms with van der Waals surface area (Å²) in [5.74, 6) is -2.32. The quantitative estimate of drug-likeness (QED) is 0.0273. The van der Waals surface area contributed by atoms with Crippen LogP contribution in [0, 0.1) is 0 Å². The highest BCUT2D eigenvalue weighted by Gasteiger charge is 2.19. The highest BCUT2D eigenvalue weighted by molar-refractivity contribution is 5.87. The van der Waals surface area contributed by atoms with Crippen LogP contribution < -0.4 is 10.6 Å². The van der Waals surface area contributed by atoms with E-state index in [2.05, 4.69) is 60.9 Å². The van der Waals surface area contributed by atoms with Crippen molar-refractivity contribution in [1.82, 2.24) is 10.6 Å². The van der Waals surface area contributed by atoms with Crippen molar-refractivity contribution in [2.45, 2.75) is 231 Å². The third kappa shape index (κ3) is 39.7. The molecular formula is C48H86N2O7. The molecule has 0 saturated carbocycles. The van der Waals surface area contributed by atoms with Crippen LogP contribution in [0.15, 0.2) is 36.5 Å². The van der Waals surface area contributed by atoms with Gasteiger partial charge in [0.05, 0.1) is 13.2 Å². The van der Waals surface area contributed by atoms with Gasteiger partial charge in [0.25, 0.3) is 0 Å². The van der Waals surface area contributed by atoms with E-state index in [-0.39, 0.29) is 30.9 Å². The number of ether oxygens (including phenoxy) is 1. The number of nitrogens with one attached hydrogen (secondary N) is 2. The Balaban J connectivity index is 4.30. The van der Waals surface area contributed by atoms with Crippen LogP contribution in [0.1, 0.15) is 219 Å². The fraction of sp³-hybridized carbons (Fsp3) is 0.792. The summed E-state index contributed by atoms with van der Waals surface area (Å²) in [4.78, 5) is 47.6. The first kappa shape index (κ1) is 54.1. The normalized spacial score (nSPS) is 12.8. The minimum Gasteiger partial charge on any atom is -0.480 e. The van der Waals surface area contributed by atoms with E-state index in [0.717, 1.165) is 77.0 Å². The van der Waals surface area contributed by atoms with E-state index in [9.17, 15) is 19.2 Å². The van der Waals surface area contributed by atoms with Gasteiger partial charge in [-0.3, -0.25) is 14.4 Å². The highest BCUT2D eigenvalue weighted by Crippen LogP contribution is 2.18. The largest absolute Gasteiger partial charge is 0.480 e. The summed E-state index contributed by atoms with van der Waals surface area (Å²) in [7, 11) is 0. The number of rotatable bonds is 42. The van der Waals surface area contributed by atoms with Gasteiger partial charge in [-0.2, -0.15) is 0 Å². The van der Waals surface area contributed by atoms with Gasteiger partial charge in [-0.1, -0.05) is 153 Å². The lowest BCUT2D eigenvalue weighted by Gasteiger charge is -2.18. The second-order valence-electron chi connectivity index (χ2n) is 15.8. The maximum absolute atomic E-state index is 12.8. The highest BCUT2D eigenvalue weighted by atomic mass is 16.5. The first-order chi connectivity index (χ1) is 27.8. The topological polar surface area (TPSA) is 142 Å². The Hall–Kier alpha value is -2.94. The van der Waals surface area contributed by atoms with Gasteiger partial charge in [0.2, 0.25) is 11.8 Å². The van der Waals surface area contributed by atoms with Gasteiger partial charge in [-0.05, 0) is 89.9 Å². The SMILES string of the molecule is CCCCC/C=C\C/C=C\CCCC(CCCCCCCC(=O)NCC(=O)NC(CO)C(=O)O)OC(=O)CCCCCCCCC/C=C\CCCCCCCCC. The van der Waals surface area contributed by atoms with Crippen LogP contribution in [-0.2, 0) is 23.9 Å². The molecule has 4 N–H and O–H groups in total. The summed E-state index contributed by atoms with van der Waals surface area (Å²) in [5.41, 5.74) is 0. The molecule has 0 fully saturated rings. The van der Waals surface area contributed by atoms with Gasteiger partial charge in [0, 0.05) is 12.8 Å². The van der Waals surface area contributed by atoms with Crippen molar-refractivity contribution in [3.63, 3.8) is 0 Å². The van der Waals surface area contributed by atoms with E-state index in [4.69, 9.17) is 14.9 Å². The van der Waals surface area contributed by atoms with Crippen LogP contribution in [0.3, 0.4) is 0 Å². The van der Waals surface area contributed by atoms with Crippen molar-refractivity contribution < 1.29 is 34.1 Å². The van der Waals surface area contributed by atoms with Crippen molar-refractivity contribution in [2.75, 3.05) is 13.2 Å². The molecule has 9 nitrogen and oxygen atoms in total. The number of hydrogen-bond donors (Lipinski definition) is 4. The van der Waals surface area contributed by atoms with Gasteiger partial charge >= 0.3 is 11.9 Å². The molecule has 0 aromatic heterocycles. The molecule has 0 aromatic carbocycles. The molecule has 0 aromatic rings. The summed E-state index contributed by atoms with van der Waals surface area (Å²) in [6.07, 6.45) is 48.9. The number of esters is 1. The number of amides is 2. The molecule has 2 amide bonds. The summed E-state index contributed by atoms with van der Waals surface area (Å²) in [6.45, 7) is 3.45. The lowest BCUT2D eigenvalue weighted by atomic mass is 10.0. The van der Waals surface area contributed by atoms with Crippen LogP contribution in [0.25, 0.3) is 0 Å². The number of carboxylic acid groups (broad SMARTS) is 1. The lowest BCUT2D eigenvalue weighted by molar-refractivity contribution is -0.150. The molecule has 0 heterocycles. The standard InChI is InChI=1S/C48H86N2O7/c1-3-5-7-9-11-13-15-16-17-18-19-20-21-23-25-27-32-36-40-47(54)57-43(37-33-29-26-24-22-14-12-10-8-6-4-2)38-34-30-28-31-35-39-45(52)49-41-46(53)50-44(42-51)48(55)56/h12,14,17-18,24,26,43-44,51H,3-11,13,15-16,19-23,25,27-42H2,1-2H3,(H,49,52)(H,50,53)(H,55,56)/b14-12-,18-17-,26-24-. The van der Waals surface area contributed by atoms with Gasteiger partial charge < -0.3 is 25.6 Å². The molecule has 0 aliphatic carbocycles. The average molecular weight is 803 g/mol. The minimum atomic E-state index is -1.39. The van der Waals surface area contributed by atoms with Gasteiger partial charge in [-0.15, -0.1) is 0 Å². The van der Waals surface area contributed by atoms with Gasteiger partial charge in [-0.25, -0.2) is 4.79 Å². The summed E-state index contributed by atoms with van der Waals surface area (Å²) in [6, 6.07) is -1.39. The number of aliphatic carboxylic acids is 1. The predicted molar refractivity (Wildman–Crippen MR) is 236 cm³/mol. The zero-order chi connectivity index (χ0) is 41.9. The molecule has 2 unspecified atom stereocenters. The summed E-state index contributed by atoms with van der Waals surface area (Å²) in [5, 5.41) is 22.6. The van der Waals surface area contributed by atoms with Crippen molar-refractivity contribution in [3.05, 3.63) is 36.5 Å². The number of carbonyl (C=O) groups excluding carboxylic acids is 3. The molecule has 330 valence electrons. The molecule has 0 spiro atoms. The Labute approximate surface area is 348 Å². The Morgan fingerprint density at radius 2 is 0.965 bits per heavy atom. The molecule has 0 aliphatic heterocycles. The van der Waals surface area contributed by atoms with E-state index in [1.807, 2.05) is 0 Å². The molecule has 0 radical (unpaired) electrons. The number of allylic oxidation sites excluding steroid dienone is 6. The monoisotopic (exact) mass is 803 g/mol. The smallest absolute Gasteiger partial charge is 0.328 e. The molecule has 9 heteroatoms. The number of aliphatic hydroxyl groups excluding tert-OH is 1. The molecule has 0 aliphatic rings. The van der Waals surface area contributed by atoms with E-state index >= 15 is 0 Å². The molecule has 0 rings (SSSR count). The van der Waals surface area contributed by atoms with Crippen molar-refractivity contribution in [2.24, 2.45) is 0 Å². The minimum absolute atomic E-state index is 0.0579. The summed E-state index contributed by atoms with van der Waals surface area (Å²) >= 11 is 0. The maximum Gasteiger partial charge on any atom is 0.328 e. The third-order valence-corrected chi connectivity index (χ3v) is 10.4. The molecule has 57 heavy (non-hydrogen) atoms. The third-order valence-electron chi connectivity index (χ3n) is 10.4. The second-order valence-corrected chi connectivity index (χ2v) is 15.8. The Kier molecular flexibility index (Phi) is 40.5. The Morgan fingerprint density at radius 3 is 1.53 bits per heavy atom. The van der Waals surface area contributed by atoms with E-state index in [0.29, 0.717) is 12.8 Å². The lowest BCUT2D eigenvalue weighted by Crippen LogP contribution is -2.47. The van der Waals surface area contributed by atoms with Crippen LogP contribution in [-0.4, -0.2) is 59.3 Å². The molecule has 0 bridgehead atoms. The molecular weight excluding hydrogens is 717 g/mol. The average Bonchev–Trinajstić information content (AvgIpc) is 3.20. The summed E-state index contributed by atoms with van der Waals surface area (Å²) < 4.78 is 6.01. The van der Waals surface area contributed by atoms with Gasteiger partial charge in [0.1, 0.15) is 12.1 Å². The van der Waals surface area contributed by atoms with Crippen molar-refractivity contribution in [1.29, 1.82) is 0 Å².